The van der Waals surface area contributed by atoms with E-state index >= 15 is 0 Å². The van der Waals surface area contributed by atoms with Gasteiger partial charge in [-0.1, -0.05) is 36.4 Å². The van der Waals surface area contributed by atoms with E-state index in [4.69, 9.17) is 4.84 Å². The highest BCUT2D eigenvalue weighted by molar-refractivity contribution is 6.01. The van der Waals surface area contributed by atoms with Crippen LogP contribution in [0.4, 0.5) is 0 Å². The summed E-state index contributed by atoms with van der Waals surface area (Å²) in [5, 5.41) is 6.19. The monoisotopic (exact) mass is 546 g/mol. The second-order valence-corrected chi connectivity index (χ2v) is 11.3. The van der Waals surface area contributed by atoms with Gasteiger partial charge in [0.2, 0.25) is 6.41 Å². The summed E-state index contributed by atoms with van der Waals surface area (Å²) < 4.78 is 0. The standard InChI is InChI=1S/C32H42N4O4/c1-32(2,3)40-36(23-37)22-25-11-9-24(10-12-25)8-7-18-35(6)19-17-33-30(38)28-15-13-27-21-29(31(39)34(4)5)16-14-26(27)20-28/h9-16,20-21,23H,7-8,17-19,22H2,1-6H3,(H,33,38). The fourth-order valence-electron chi connectivity index (χ4n) is 4.34. The summed E-state index contributed by atoms with van der Waals surface area (Å²) in [6.07, 6.45) is 2.66. The Labute approximate surface area is 237 Å². The molecule has 0 bridgehead atoms. The maximum atomic E-state index is 12.7. The lowest BCUT2D eigenvalue weighted by atomic mass is 10.0. The second-order valence-electron chi connectivity index (χ2n) is 11.3. The summed E-state index contributed by atoms with van der Waals surface area (Å²) in [4.78, 5) is 45.6. The zero-order chi connectivity index (χ0) is 29.3. The molecule has 3 amide bonds. The molecule has 1 N–H and O–H groups in total. The van der Waals surface area contributed by atoms with E-state index < -0.39 is 5.60 Å². The van der Waals surface area contributed by atoms with Crippen LogP contribution in [-0.2, 0) is 22.6 Å². The van der Waals surface area contributed by atoms with Crippen molar-refractivity contribution in [2.45, 2.75) is 45.8 Å². The van der Waals surface area contributed by atoms with Crippen molar-refractivity contribution in [1.82, 2.24) is 20.2 Å². The van der Waals surface area contributed by atoms with E-state index in [0.29, 0.717) is 30.6 Å². The second kappa shape index (κ2) is 14.1. The predicted molar refractivity (Wildman–Crippen MR) is 159 cm³/mol. The molecule has 0 saturated carbocycles. The zero-order valence-corrected chi connectivity index (χ0v) is 24.6. The highest BCUT2D eigenvalue weighted by atomic mass is 16.7. The minimum absolute atomic E-state index is 0.0458. The summed E-state index contributed by atoms with van der Waals surface area (Å²) in [7, 11) is 5.52. The molecule has 0 radical (unpaired) electrons. The molecule has 0 aromatic heterocycles. The molecular weight excluding hydrogens is 504 g/mol. The number of carbonyl (C=O) groups is 3. The number of hydrogen-bond donors (Lipinski definition) is 1. The Morgan fingerprint density at radius 3 is 2.05 bits per heavy atom. The van der Waals surface area contributed by atoms with E-state index in [1.54, 1.807) is 31.1 Å². The predicted octanol–water partition coefficient (Wildman–Crippen LogP) is 4.52. The highest BCUT2D eigenvalue weighted by Gasteiger charge is 2.16. The Morgan fingerprint density at radius 2 is 1.45 bits per heavy atom. The zero-order valence-electron chi connectivity index (χ0n) is 24.6. The van der Waals surface area contributed by atoms with Gasteiger partial charge in [0.05, 0.1) is 12.1 Å². The Kier molecular flexibility index (Phi) is 10.8. The van der Waals surface area contributed by atoms with Gasteiger partial charge in [0, 0.05) is 38.3 Å². The van der Waals surface area contributed by atoms with Crippen molar-refractivity contribution in [3.05, 3.63) is 82.9 Å². The first-order valence-electron chi connectivity index (χ1n) is 13.7. The number of fused-ring (bicyclic) bond motifs is 1. The summed E-state index contributed by atoms with van der Waals surface area (Å²) >= 11 is 0. The van der Waals surface area contributed by atoms with Crippen LogP contribution in [0.1, 0.15) is 59.0 Å². The maximum Gasteiger partial charge on any atom is 0.253 e. The van der Waals surface area contributed by atoms with Gasteiger partial charge in [0.15, 0.2) is 0 Å². The fourth-order valence-corrected chi connectivity index (χ4v) is 4.34. The van der Waals surface area contributed by atoms with Gasteiger partial charge in [-0.25, -0.2) is 5.06 Å². The lowest BCUT2D eigenvalue weighted by Crippen LogP contribution is -2.33. The van der Waals surface area contributed by atoms with E-state index in [0.717, 1.165) is 42.3 Å². The molecule has 3 rings (SSSR count). The van der Waals surface area contributed by atoms with Gasteiger partial charge in [-0.2, -0.15) is 0 Å². The molecule has 3 aromatic carbocycles. The van der Waals surface area contributed by atoms with Crippen LogP contribution < -0.4 is 5.32 Å². The molecule has 0 aliphatic carbocycles. The van der Waals surface area contributed by atoms with Gasteiger partial charge in [-0.05, 0) is 93.4 Å². The van der Waals surface area contributed by atoms with E-state index in [1.165, 1.54) is 10.6 Å². The van der Waals surface area contributed by atoms with Crippen molar-refractivity contribution in [3.8, 4) is 0 Å². The third-order valence-electron chi connectivity index (χ3n) is 6.41. The normalized spacial score (nSPS) is 11.5. The summed E-state index contributed by atoms with van der Waals surface area (Å²) in [6, 6.07) is 19.3. The molecule has 0 saturated heterocycles. The number of nitrogens with zero attached hydrogens (tertiary/aromatic N) is 3. The number of amides is 3. The minimum Gasteiger partial charge on any atom is -0.351 e. The Bertz CT molecular complexity index is 1300. The van der Waals surface area contributed by atoms with Crippen LogP contribution in [-0.4, -0.2) is 79.5 Å². The number of benzene rings is 3. The lowest BCUT2D eigenvalue weighted by Gasteiger charge is -2.26. The third-order valence-corrected chi connectivity index (χ3v) is 6.41. The van der Waals surface area contributed by atoms with E-state index in [-0.39, 0.29) is 11.8 Å². The number of hydroxylamine groups is 2. The molecule has 0 aliphatic heterocycles. The van der Waals surface area contributed by atoms with Gasteiger partial charge in [0.25, 0.3) is 11.8 Å². The van der Waals surface area contributed by atoms with Crippen LogP contribution in [0, 0.1) is 0 Å². The Morgan fingerprint density at radius 1 is 0.850 bits per heavy atom. The maximum absolute atomic E-state index is 12.7. The number of aryl methyl sites for hydroxylation is 1. The van der Waals surface area contributed by atoms with Gasteiger partial charge < -0.3 is 15.1 Å². The van der Waals surface area contributed by atoms with Crippen LogP contribution in [0.2, 0.25) is 0 Å². The molecule has 0 aliphatic rings. The van der Waals surface area contributed by atoms with Crippen LogP contribution in [0.25, 0.3) is 10.8 Å². The molecule has 0 spiro atoms. The van der Waals surface area contributed by atoms with Crippen molar-refractivity contribution in [1.29, 1.82) is 0 Å². The van der Waals surface area contributed by atoms with Gasteiger partial charge in [-0.15, -0.1) is 0 Å². The van der Waals surface area contributed by atoms with Crippen LogP contribution in [0.15, 0.2) is 60.7 Å². The topological polar surface area (TPSA) is 82.2 Å². The number of likely N-dealkylation sites (N-methyl/N-ethyl adjacent to an activating group) is 1. The number of hydrogen-bond acceptors (Lipinski definition) is 5. The van der Waals surface area contributed by atoms with Crippen LogP contribution >= 0.6 is 0 Å². The molecule has 0 atom stereocenters. The van der Waals surface area contributed by atoms with Gasteiger partial charge >= 0.3 is 0 Å². The molecule has 0 fully saturated rings. The fraction of sp³-hybridized carbons (Fsp3) is 0.406. The van der Waals surface area contributed by atoms with Crippen LogP contribution in [0.5, 0.6) is 0 Å². The average Bonchev–Trinajstić information content (AvgIpc) is 2.91. The number of nitrogens with one attached hydrogen (secondary N) is 1. The van der Waals surface area contributed by atoms with Gasteiger partial charge in [-0.3, -0.25) is 19.2 Å². The van der Waals surface area contributed by atoms with E-state index in [9.17, 15) is 14.4 Å². The Hall–Kier alpha value is -3.75. The molecular formula is C32H42N4O4. The summed E-state index contributed by atoms with van der Waals surface area (Å²) in [5.74, 6) is -0.152. The van der Waals surface area contributed by atoms with Crippen molar-refractivity contribution >= 4 is 29.0 Å². The van der Waals surface area contributed by atoms with E-state index in [1.807, 2.05) is 57.2 Å². The molecule has 0 heterocycles. The largest absolute Gasteiger partial charge is 0.351 e. The molecule has 3 aromatic rings. The van der Waals surface area contributed by atoms with Crippen molar-refractivity contribution in [3.63, 3.8) is 0 Å². The quantitative estimate of drug-likeness (QED) is 0.252. The molecule has 0 unspecified atom stereocenters. The van der Waals surface area contributed by atoms with Gasteiger partial charge in [0.1, 0.15) is 0 Å². The SMILES string of the molecule is CN(CCCc1ccc(CN(C=O)OC(C)(C)C)cc1)CCNC(=O)c1ccc2cc(C(=O)N(C)C)ccc2c1. The molecule has 214 valence electrons. The highest BCUT2D eigenvalue weighted by Crippen LogP contribution is 2.19. The summed E-state index contributed by atoms with van der Waals surface area (Å²) in [5.41, 5.74) is 3.07. The lowest BCUT2D eigenvalue weighted by molar-refractivity contribution is -0.220. The molecule has 8 heteroatoms. The van der Waals surface area contributed by atoms with Crippen molar-refractivity contribution in [2.75, 3.05) is 40.8 Å². The third kappa shape index (κ3) is 9.47. The summed E-state index contributed by atoms with van der Waals surface area (Å²) in [6.45, 7) is 8.37. The minimum atomic E-state index is -0.424. The van der Waals surface area contributed by atoms with Crippen LogP contribution in [0.3, 0.4) is 0 Å². The first-order chi connectivity index (χ1) is 18.9. The van der Waals surface area contributed by atoms with E-state index in [2.05, 4.69) is 29.4 Å². The first kappa shape index (κ1) is 30.8. The Balaban J connectivity index is 1.39. The first-order valence-corrected chi connectivity index (χ1v) is 13.7. The number of rotatable bonds is 13. The molecule has 40 heavy (non-hydrogen) atoms. The van der Waals surface area contributed by atoms with Crippen molar-refractivity contribution in [2.24, 2.45) is 0 Å². The molecule has 8 nitrogen and oxygen atoms in total. The number of carbonyl (C=O) groups excluding carboxylic acids is 3. The van der Waals surface area contributed by atoms with Crippen molar-refractivity contribution < 1.29 is 19.2 Å². The smallest absolute Gasteiger partial charge is 0.253 e. The average molecular weight is 547 g/mol.